The highest BCUT2D eigenvalue weighted by Gasteiger charge is 2.48. The van der Waals surface area contributed by atoms with Gasteiger partial charge in [-0.05, 0) is 152 Å². The van der Waals surface area contributed by atoms with Gasteiger partial charge in [-0.15, -0.1) is 0 Å². The summed E-state index contributed by atoms with van der Waals surface area (Å²) in [4.78, 5) is 149. The molecule has 0 saturated carbocycles. The Morgan fingerprint density at radius 3 is 0.863 bits per heavy atom. The molecule has 808 valence electrons. The average Bonchev–Trinajstić information content (AvgIpc) is 1.33. The van der Waals surface area contributed by atoms with Crippen molar-refractivity contribution in [3.05, 3.63) is 118 Å². The quantitative estimate of drug-likeness (QED) is 0.0293. The Morgan fingerprint density at radius 2 is 0.616 bits per heavy atom. The molecule has 0 spiro atoms. The van der Waals surface area contributed by atoms with Crippen molar-refractivity contribution >= 4 is 121 Å². The SMILES string of the molecule is CCCCC(CC)CN(CC(CC)CCCC)c1nc(C(C)(C)C)c(/C=C2\C(=O)N(N(C)C(=O)C(C)(C)C)C(=O)C(C#N)=C2C(C)(C)C)s1.CCCCC1=C(C#N)C(=O)N(N(C)C(=O)c2ccccc2)C(=O)/C1=C\c1sc(N(CC(CC)CCCC)CC(CC)CCCC)nc1C(C)(C)C.CCCCC1=C(C#N)C(=O)N(N(C)C(C)=O)C(=O)/C1=C\c1sc(N(CC(CC)CCCC)CC(CC)CCCC)nc1C(C)(C)C. The molecule has 146 heavy (non-hydrogen) atoms. The van der Waals surface area contributed by atoms with Crippen molar-refractivity contribution in [2.24, 2.45) is 46.3 Å². The zero-order valence-electron chi connectivity index (χ0n) is 96.1. The topological polar surface area (TPSA) is 293 Å². The summed E-state index contributed by atoms with van der Waals surface area (Å²) in [6, 6.07) is 14.8. The van der Waals surface area contributed by atoms with Gasteiger partial charge >= 0.3 is 0 Å². The molecule has 0 N–H and O–H groups in total. The van der Waals surface area contributed by atoms with Crippen molar-refractivity contribution in [2.75, 3.05) is 75.1 Å². The number of carbonyl (C=O) groups excluding carboxylic acids is 9. The number of benzene rings is 1. The number of rotatable bonds is 52. The molecule has 0 aliphatic carbocycles. The molecule has 7 rings (SSSR count). The van der Waals surface area contributed by atoms with Crippen LogP contribution in [-0.2, 0) is 54.6 Å². The zero-order valence-corrected chi connectivity index (χ0v) is 98.6. The Labute approximate surface area is 892 Å². The predicted octanol–water partition coefficient (Wildman–Crippen LogP) is 28.7. The van der Waals surface area contributed by atoms with Crippen molar-refractivity contribution in [3.63, 3.8) is 0 Å². The van der Waals surface area contributed by atoms with Gasteiger partial charge in [0.1, 0.15) is 34.9 Å². The molecule has 0 bridgehead atoms. The Balaban J connectivity index is 0.000000386. The normalized spacial score (nSPS) is 16.2. The largest absolute Gasteiger partial charge is 0.348 e. The molecule has 6 heterocycles. The number of imide groups is 3. The molecule has 3 aliphatic rings. The number of hydrogen-bond acceptors (Lipinski definition) is 21. The van der Waals surface area contributed by atoms with Gasteiger partial charge < -0.3 is 14.7 Å². The number of amides is 9. The van der Waals surface area contributed by atoms with E-state index in [1.54, 1.807) is 85.1 Å². The molecule has 0 fully saturated rings. The van der Waals surface area contributed by atoms with Gasteiger partial charge in [0.15, 0.2) is 15.4 Å². The number of thiazole rings is 3. The number of nitriles is 3. The molecular formula is C119H185N15O9S3. The minimum absolute atomic E-state index is 0.0838. The highest BCUT2D eigenvalue weighted by molar-refractivity contribution is 7.17. The number of anilines is 3. The van der Waals surface area contributed by atoms with Crippen LogP contribution in [0.25, 0.3) is 18.2 Å². The van der Waals surface area contributed by atoms with E-state index >= 15 is 0 Å². The van der Waals surface area contributed by atoms with Gasteiger partial charge in [0.25, 0.3) is 41.4 Å². The molecule has 3 aromatic heterocycles. The van der Waals surface area contributed by atoms with Crippen LogP contribution >= 0.6 is 34.0 Å². The van der Waals surface area contributed by atoms with E-state index in [0.717, 1.165) is 174 Å². The maximum absolute atomic E-state index is 14.5. The van der Waals surface area contributed by atoms with Crippen LogP contribution in [-0.4, -0.2) is 159 Å². The first-order valence-corrected chi connectivity index (χ1v) is 57.6. The standard InChI is InChI=1S/C42H61N5O3S.C40H65N5O3S.C37H59N5O3S/c1-10-15-21-30(13-4)28-46(29-31(14-5)22-16-11-2)41-44-37(42(6,7)8)36(51-41)26-34-33(25-17-12-3)35(27-43)40(50)47(39(34)49)45(9)38(48)32-23-19-18-20-24-32;1-15-19-21-27(17-3)25-44(26-28(18-4)22-20-16-2)37-42-33(39(8,9)10)31(49-37)23-29-32(38(5,6)7)30(24-41)35(47)45(34(29)46)43(14)36(48)40(11,12)13;1-11-16-19-27(14-4)24-41(25-28(15-5)20-17-12-2)36-39-33(37(7,8)9)32(46-36)22-30-29(21-18-13-3)31(23-38)35(45)42(34(30)44)40(10)26(6)43/h18-20,23-24,26,30-31H,10-17,21-22,25,28-29H2,1-9H3;23,27-28H,15-22,25-26H2,1-14H3;22,27-28H,11-21,24-25H2,1-10H3/b34-26-;29-23-;30-22-. The lowest BCUT2D eigenvalue weighted by Gasteiger charge is -2.39. The highest BCUT2D eigenvalue weighted by Crippen LogP contribution is 2.47. The van der Waals surface area contributed by atoms with E-state index in [0.29, 0.717) is 77.1 Å². The average molecular weight is 2070 g/mol. The molecule has 4 aromatic rings. The molecule has 27 heteroatoms. The summed E-state index contributed by atoms with van der Waals surface area (Å²) >= 11 is 4.76. The zero-order chi connectivity index (χ0) is 110. The number of carbonyl (C=O) groups is 9. The number of hydrazine groups is 3. The monoisotopic (exact) mass is 2060 g/mol. The van der Waals surface area contributed by atoms with Crippen LogP contribution in [0.5, 0.6) is 0 Å². The van der Waals surface area contributed by atoms with E-state index in [4.69, 9.17) is 15.0 Å². The van der Waals surface area contributed by atoms with Gasteiger partial charge in [-0.25, -0.2) is 30.0 Å². The van der Waals surface area contributed by atoms with Crippen molar-refractivity contribution in [1.29, 1.82) is 15.8 Å². The van der Waals surface area contributed by atoms with Crippen molar-refractivity contribution in [2.45, 2.75) is 417 Å². The van der Waals surface area contributed by atoms with Crippen LogP contribution in [0.1, 0.15) is 442 Å². The van der Waals surface area contributed by atoms with Crippen LogP contribution < -0.4 is 14.7 Å². The lowest BCUT2D eigenvalue weighted by Crippen LogP contribution is -2.56. The Morgan fingerprint density at radius 1 is 0.356 bits per heavy atom. The summed E-state index contributed by atoms with van der Waals surface area (Å²) in [7, 11) is 4.21. The smallest absolute Gasteiger partial charge is 0.290 e. The lowest BCUT2D eigenvalue weighted by molar-refractivity contribution is -0.171. The van der Waals surface area contributed by atoms with Crippen LogP contribution in [0.3, 0.4) is 0 Å². The second-order valence-electron chi connectivity index (χ2n) is 45.6. The van der Waals surface area contributed by atoms with Crippen LogP contribution in [0.4, 0.5) is 15.4 Å². The fourth-order valence-electron chi connectivity index (χ4n) is 19.0. The Bertz CT molecular complexity index is 5280. The summed E-state index contributed by atoms with van der Waals surface area (Å²) in [5, 5.41) is 39.3. The van der Waals surface area contributed by atoms with Crippen molar-refractivity contribution in [3.8, 4) is 18.2 Å². The van der Waals surface area contributed by atoms with Crippen LogP contribution in [0.2, 0.25) is 0 Å². The first kappa shape index (κ1) is 127. The van der Waals surface area contributed by atoms with Gasteiger partial charge in [-0.3, -0.25) is 43.2 Å². The number of hydrogen-bond donors (Lipinski definition) is 0. The van der Waals surface area contributed by atoms with Gasteiger partial charge in [0.05, 0.1) is 31.7 Å². The molecule has 3 aliphatic heterocycles. The Kier molecular flexibility index (Phi) is 51.7. The van der Waals surface area contributed by atoms with E-state index in [-0.39, 0.29) is 49.7 Å². The highest BCUT2D eigenvalue weighted by atomic mass is 32.1. The molecule has 24 nitrogen and oxygen atoms in total. The van der Waals surface area contributed by atoms with E-state index < -0.39 is 64.0 Å². The van der Waals surface area contributed by atoms with E-state index in [1.807, 2.05) is 52.8 Å². The maximum atomic E-state index is 14.5. The number of aromatic nitrogens is 3. The van der Waals surface area contributed by atoms with Gasteiger partial charge in [0.2, 0.25) is 11.8 Å². The van der Waals surface area contributed by atoms with E-state index in [1.165, 1.54) is 144 Å². The third-order valence-corrected chi connectivity index (χ3v) is 31.5. The second-order valence-corrected chi connectivity index (χ2v) is 48.6. The molecule has 6 atom stereocenters. The Hall–Kier alpha value is -9.75. The molecule has 0 saturated heterocycles. The molecular weight excluding hydrogens is 1880 g/mol. The number of nitrogens with zero attached hydrogens (tertiary/aromatic N) is 15. The third kappa shape index (κ3) is 34.7. The fourth-order valence-corrected chi connectivity index (χ4v) is 22.7. The molecule has 0 radical (unpaired) electrons. The van der Waals surface area contributed by atoms with Crippen molar-refractivity contribution < 1.29 is 43.2 Å². The van der Waals surface area contributed by atoms with Crippen molar-refractivity contribution in [1.82, 2.24) is 45.0 Å². The first-order chi connectivity index (χ1) is 68.8. The van der Waals surface area contributed by atoms with E-state index in [2.05, 4.69) is 178 Å². The number of unbranched alkanes of at least 4 members (excludes halogenated alkanes) is 8. The summed E-state index contributed by atoms with van der Waals surface area (Å²) < 4.78 is 0. The minimum Gasteiger partial charge on any atom is -0.348 e. The predicted molar refractivity (Wildman–Crippen MR) is 604 cm³/mol. The summed E-state index contributed by atoms with van der Waals surface area (Å²) in [5.41, 5.74) is 2.17. The minimum atomic E-state index is -0.851. The summed E-state index contributed by atoms with van der Waals surface area (Å²) in [6.45, 7) is 68.2. The summed E-state index contributed by atoms with van der Waals surface area (Å²) in [6.07, 6.45) is 37.5. The second kappa shape index (κ2) is 59.6. The van der Waals surface area contributed by atoms with Crippen LogP contribution in [0.15, 0.2) is 80.5 Å². The molecule has 6 unspecified atom stereocenters. The van der Waals surface area contributed by atoms with Gasteiger partial charge in [0, 0.05) is 111 Å². The fraction of sp³-hybridized carbons (Fsp3) is 0.672. The first-order valence-electron chi connectivity index (χ1n) is 55.2. The van der Waals surface area contributed by atoms with E-state index in [9.17, 15) is 58.9 Å². The summed E-state index contributed by atoms with van der Waals surface area (Å²) in [5.74, 6) is -2.17. The van der Waals surface area contributed by atoms with Crippen LogP contribution in [0, 0.1) is 80.3 Å². The van der Waals surface area contributed by atoms with Gasteiger partial charge in [-0.2, -0.15) is 30.8 Å². The molecule has 1 aromatic carbocycles. The molecule has 9 amide bonds. The maximum Gasteiger partial charge on any atom is 0.290 e. The van der Waals surface area contributed by atoms with Gasteiger partial charge in [-0.1, -0.05) is 381 Å². The third-order valence-electron chi connectivity index (χ3n) is 28.3. The lowest BCUT2D eigenvalue weighted by atomic mass is 9.76.